The normalized spacial score (nSPS) is 43.4. The van der Waals surface area contributed by atoms with Crippen LogP contribution in [0.25, 0.3) is 0 Å². The highest BCUT2D eigenvalue weighted by molar-refractivity contribution is 5.71. The van der Waals surface area contributed by atoms with Gasteiger partial charge in [0.05, 0.1) is 48.9 Å². The maximum atomic E-state index is 13.0. The van der Waals surface area contributed by atoms with Gasteiger partial charge in [0, 0.05) is 10.8 Å². The molecule has 0 amide bonds. The fourth-order valence-corrected chi connectivity index (χ4v) is 13.0. The average molecular weight is 643 g/mol. The van der Waals surface area contributed by atoms with E-state index < -0.39 is 0 Å². The maximum absolute atomic E-state index is 13.0. The predicted molar refractivity (Wildman–Crippen MR) is 186 cm³/mol. The monoisotopic (exact) mass is 643 g/mol. The first-order valence-electron chi connectivity index (χ1n) is 18.6. The number of fused-ring (bicyclic) bond motifs is 7. The van der Waals surface area contributed by atoms with Gasteiger partial charge in [0.2, 0.25) is 0 Å². The molecule has 5 aliphatic rings. The van der Waals surface area contributed by atoms with E-state index in [1.807, 2.05) is 0 Å². The summed E-state index contributed by atoms with van der Waals surface area (Å²) in [6, 6.07) is 0. The van der Waals surface area contributed by atoms with Crippen LogP contribution >= 0.6 is 0 Å². The zero-order valence-corrected chi connectivity index (χ0v) is 31.9. The summed E-state index contributed by atoms with van der Waals surface area (Å²) < 4.78 is 13.7. The molecule has 0 radical (unpaired) electrons. The quantitative estimate of drug-likeness (QED) is 0.156. The highest BCUT2D eigenvalue weighted by Crippen LogP contribution is 2.77. The Kier molecular flexibility index (Phi) is 9.05. The van der Waals surface area contributed by atoms with E-state index in [0.717, 1.165) is 25.7 Å². The Bertz CT molecular complexity index is 1210. The molecule has 0 bridgehead atoms. The summed E-state index contributed by atoms with van der Waals surface area (Å²) in [6.07, 6.45) is 11.8. The van der Waals surface area contributed by atoms with Crippen molar-refractivity contribution in [2.24, 2.45) is 56.7 Å². The summed E-state index contributed by atoms with van der Waals surface area (Å²) in [5.41, 5.74) is 2.12. The first-order valence-corrected chi connectivity index (χ1v) is 18.6. The van der Waals surface area contributed by atoms with E-state index in [2.05, 4.69) is 90.4 Å². The van der Waals surface area contributed by atoms with Gasteiger partial charge in [-0.1, -0.05) is 46.8 Å². The van der Waals surface area contributed by atoms with Crippen LogP contribution in [-0.4, -0.2) is 89.0 Å². The first kappa shape index (κ1) is 35.9. The molecule has 5 aliphatic carbocycles. The molecule has 46 heavy (non-hydrogen) atoms. The Morgan fingerprint density at radius 3 is 1.96 bits per heavy atom. The molecule has 10 atom stereocenters. The Morgan fingerprint density at radius 1 is 0.717 bits per heavy atom. The van der Waals surface area contributed by atoms with Crippen molar-refractivity contribution < 1.29 is 28.0 Å². The van der Waals surface area contributed by atoms with E-state index in [1.54, 1.807) is 0 Å². The van der Waals surface area contributed by atoms with Gasteiger partial charge in [-0.3, -0.25) is 0 Å². The summed E-state index contributed by atoms with van der Waals surface area (Å²) >= 11 is 0. The van der Waals surface area contributed by atoms with Crippen molar-refractivity contribution in [3.8, 4) is 0 Å². The van der Waals surface area contributed by atoms with Crippen molar-refractivity contribution in [1.29, 1.82) is 0 Å². The van der Waals surface area contributed by atoms with E-state index in [0.29, 0.717) is 58.3 Å². The summed E-state index contributed by atoms with van der Waals surface area (Å²) in [5.74, 6) is 2.79. The molecule has 0 heterocycles. The molecule has 5 saturated carbocycles. The van der Waals surface area contributed by atoms with E-state index in [9.17, 15) is 9.59 Å². The van der Waals surface area contributed by atoms with Crippen LogP contribution in [0.2, 0.25) is 0 Å². The lowest BCUT2D eigenvalue weighted by Gasteiger charge is -2.73. The van der Waals surface area contributed by atoms with Gasteiger partial charge in [-0.2, -0.15) is 0 Å². The molecule has 5 fully saturated rings. The molecule has 0 aliphatic heterocycles. The van der Waals surface area contributed by atoms with Gasteiger partial charge in [0.1, 0.15) is 6.10 Å². The van der Waals surface area contributed by atoms with E-state index in [1.165, 1.54) is 44.1 Å². The van der Waals surface area contributed by atoms with E-state index >= 15 is 0 Å². The zero-order valence-electron chi connectivity index (χ0n) is 31.9. The maximum Gasteiger partial charge on any atom is 0.362 e. The van der Waals surface area contributed by atoms with Crippen LogP contribution in [0.1, 0.15) is 106 Å². The van der Waals surface area contributed by atoms with Crippen molar-refractivity contribution in [1.82, 2.24) is 0 Å². The standard InChI is InChI=1S/C40H70N2O4/c1-27(2)28-16-21-40(26-45-33(43)24-41(8,9)10)23-22-38(6)29(35(28)40)14-15-31-37(5)19-18-32(46-34(44)25-42(11,12)13)36(3,4)30(37)17-20-39(31,38)7/h28-32,35H,1,14-26H2,2-13H3/q+2/t28-,29?,30?,31?,32-,35?,37-,38+,39+,40+/m0/s1. The van der Waals surface area contributed by atoms with Crippen LogP contribution in [0, 0.1) is 56.7 Å². The van der Waals surface area contributed by atoms with Crippen molar-refractivity contribution in [3.63, 3.8) is 0 Å². The molecule has 0 aromatic carbocycles. The largest absolute Gasteiger partial charge is 0.461 e. The third-order valence-corrected chi connectivity index (χ3v) is 15.2. The Balaban J connectivity index is 1.40. The van der Waals surface area contributed by atoms with Crippen LogP contribution in [0.4, 0.5) is 0 Å². The molecular weight excluding hydrogens is 572 g/mol. The number of hydrogen-bond acceptors (Lipinski definition) is 4. The van der Waals surface area contributed by atoms with Gasteiger partial charge in [-0.05, 0) is 117 Å². The molecule has 262 valence electrons. The van der Waals surface area contributed by atoms with Crippen molar-refractivity contribution in [3.05, 3.63) is 12.2 Å². The fraction of sp³-hybridized carbons (Fsp3) is 0.900. The van der Waals surface area contributed by atoms with Crippen LogP contribution < -0.4 is 0 Å². The lowest BCUT2D eigenvalue weighted by atomic mass is 9.32. The molecule has 5 rings (SSSR count). The summed E-state index contributed by atoms with van der Waals surface area (Å²) in [6.45, 7) is 21.0. The van der Waals surface area contributed by atoms with Crippen LogP contribution in [-0.2, 0) is 19.1 Å². The van der Waals surface area contributed by atoms with Gasteiger partial charge in [0.25, 0.3) is 0 Å². The topological polar surface area (TPSA) is 52.6 Å². The number of esters is 2. The molecular formula is C40H70N2O4+2. The summed E-state index contributed by atoms with van der Waals surface area (Å²) in [4.78, 5) is 26.0. The van der Waals surface area contributed by atoms with Crippen molar-refractivity contribution >= 4 is 11.9 Å². The van der Waals surface area contributed by atoms with Gasteiger partial charge >= 0.3 is 11.9 Å². The number of quaternary nitrogens is 2. The summed E-state index contributed by atoms with van der Waals surface area (Å²) in [7, 11) is 12.3. The van der Waals surface area contributed by atoms with Gasteiger partial charge in [-0.15, -0.1) is 0 Å². The predicted octanol–water partition coefficient (Wildman–Crippen LogP) is 7.51. The number of carbonyl (C=O) groups excluding carboxylic acids is 2. The van der Waals surface area contributed by atoms with Gasteiger partial charge in [0.15, 0.2) is 13.1 Å². The van der Waals surface area contributed by atoms with Gasteiger partial charge < -0.3 is 18.4 Å². The number of allylic oxidation sites excluding steroid dienone is 1. The van der Waals surface area contributed by atoms with Crippen molar-refractivity contribution in [2.75, 3.05) is 62.0 Å². The number of carbonyl (C=O) groups is 2. The van der Waals surface area contributed by atoms with E-state index in [4.69, 9.17) is 9.47 Å². The van der Waals surface area contributed by atoms with Crippen LogP contribution in [0.3, 0.4) is 0 Å². The minimum atomic E-state index is -0.0592. The van der Waals surface area contributed by atoms with E-state index in [-0.39, 0.29) is 45.1 Å². The first-order chi connectivity index (χ1) is 21.0. The van der Waals surface area contributed by atoms with Gasteiger partial charge in [-0.25, -0.2) is 9.59 Å². The minimum Gasteiger partial charge on any atom is -0.461 e. The molecule has 0 saturated heterocycles. The van der Waals surface area contributed by atoms with Crippen LogP contribution in [0.15, 0.2) is 12.2 Å². The zero-order chi connectivity index (χ0) is 34.3. The number of likely N-dealkylation sites (N-methyl/N-ethyl adjacent to an activating group) is 2. The Labute approximate surface area is 282 Å². The third-order valence-electron chi connectivity index (χ3n) is 15.2. The molecule has 0 aromatic heterocycles. The highest BCUT2D eigenvalue weighted by atomic mass is 16.5. The Hall–Kier alpha value is -1.40. The Morgan fingerprint density at radius 2 is 1.35 bits per heavy atom. The summed E-state index contributed by atoms with van der Waals surface area (Å²) in [5, 5.41) is 0. The second kappa shape index (κ2) is 11.6. The van der Waals surface area contributed by atoms with Crippen molar-refractivity contribution in [2.45, 2.75) is 112 Å². The lowest BCUT2D eigenvalue weighted by Crippen LogP contribution is -2.67. The second-order valence-corrected chi connectivity index (χ2v) is 20.4. The SMILES string of the molecule is C=C(C)[C@@H]1CC[C@]2(COC(=O)C[N+](C)(C)C)CC[C@]3(C)C(CCC4[C@@]5(C)CC[C@H](OC(=O)C[N+](C)(C)C)C(C)(C)C5CC[C@]43C)C12. The molecule has 0 spiro atoms. The number of hydrogen-bond donors (Lipinski definition) is 0. The molecule has 6 heteroatoms. The second-order valence-electron chi connectivity index (χ2n) is 20.4. The smallest absolute Gasteiger partial charge is 0.362 e. The number of ether oxygens (including phenoxy) is 2. The molecule has 0 N–H and O–H groups in total. The minimum absolute atomic E-state index is 0.00851. The fourth-order valence-electron chi connectivity index (χ4n) is 13.0. The lowest BCUT2D eigenvalue weighted by molar-refractivity contribution is -0.862. The number of rotatable bonds is 8. The van der Waals surface area contributed by atoms with Crippen LogP contribution in [0.5, 0.6) is 0 Å². The molecule has 6 nitrogen and oxygen atoms in total. The molecule has 0 aromatic rings. The highest BCUT2D eigenvalue weighted by Gasteiger charge is 2.71. The third kappa shape index (κ3) is 5.92. The number of nitrogens with zero attached hydrogens (tertiary/aromatic N) is 2. The molecule has 4 unspecified atom stereocenters. The average Bonchev–Trinajstić information content (AvgIpc) is 3.28.